The van der Waals surface area contributed by atoms with Crippen LogP contribution >= 0.6 is 0 Å². The van der Waals surface area contributed by atoms with E-state index in [1.165, 1.54) is 24.6 Å². The zero-order chi connectivity index (χ0) is 16.2. The molecule has 0 spiro atoms. The number of hydrogen-bond donors (Lipinski definition) is 1. The van der Waals surface area contributed by atoms with E-state index in [-0.39, 0.29) is 5.39 Å². The van der Waals surface area contributed by atoms with E-state index >= 15 is 0 Å². The van der Waals surface area contributed by atoms with Gasteiger partial charge in [0.05, 0.1) is 0 Å². The van der Waals surface area contributed by atoms with E-state index in [2.05, 4.69) is 18.6 Å². The van der Waals surface area contributed by atoms with E-state index in [1.54, 1.807) is 6.92 Å². The third kappa shape index (κ3) is 4.51. The molecule has 0 aliphatic carbocycles. The van der Waals surface area contributed by atoms with Crippen LogP contribution < -0.4 is 10.5 Å². The van der Waals surface area contributed by atoms with Gasteiger partial charge in [0, 0.05) is 11.1 Å². The number of nitrogens with two attached hydrogens (primary N) is 1. The first-order chi connectivity index (χ1) is 9.69. The van der Waals surface area contributed by atoms with Crippen molar-refractivity contribution >= 4 is 16.5 Å². The van der Waals surface area contributed by atoms with Gasteiger partial charge < -0.3 is 10.5 Å². The summed E-state index contributed by atoms with van der Waals surface area (Å²) in [4.78, 5) is 0. The molecular weight excluding hydrogens is 286 g/mol. The van der Waals surface area contributed by atoms with Gasteiger partial charge in [-0.25, -0.2) is 4.39 Å². The predicted octanol–water partition coefficient (Wildman–Crippen LogP) is 5.18. The Kier molecular flexibility index (Phi) is 5.41. The van der Waals surface area contributed by atoms with Crippen LogP contribution in [0.3, 0.4) is 0 Å². The first kappa shape index (κ1) is 17.1. The zero-order valence-electron chi connectivity index (χ0n) is 12.0. The van der Waals surface area contributed by atoms with Crippen molar-refractivity contribution in [3.8, 4) is 5.75 Å². The first-order valence-electron chi connectivity index (χ1n) is 6.43. The van der Waals surface area contributed by atoms with E-state index in [1.807, 2.05) is 0 Å². The van der Waals surface area contributed by atoms with Crippen LogP contribution in [0.25, 0.3) is 10.8 Å². The molecule has 6 heteroatoms. The van der Waals surface area contributed by atoms with Gasteiger partial charge in [0.2, 0.25) is 0 Å². The van der Waals surface area contributed by atoms with E-state index in [9.17, 15) is 17.6 Å². The minimum Gasteiger partial charge on any atom is -0.402 e. The van der Waals surface area contributed by atoms with Crippen molar-refractivity contribution in [2.24, 2.45) is 0 Å². The number of anilines is 1. The van der Waals surface area contributed by atoms with Gasteiger partial charge in [0.25, 0.3) is 0 Å². The Balaban J connectivity index is 0.000000677. The molecule has 0 saturated heterocycles. The molecule has 0 aliphatic rings. The second-order valence-corrected chi connectivity index (χ2v) is 4.57. The monoisotopic (exact) mass is 303 g/mol. The van der Waals surface area contributed by atoms with Crippen molar-refractivity contribution in [3.63, 3.8) is 0 Å². The van der Waals surface area contributed by atoms with Crippen molar-refractivity contribution in [3.05, 3.63) is 35.6 Å². The Morgan fingerprint density at radius 2 is 1.71 bits per heavy atom. The van der Waals surface area contributed by atoms with E-state index in [0.717, 1.165) is 6.07 Å². The van der Waals surface area contributed by atoms with Crippen LogP contribution in [0.2, 0.25) is 0 Å². The maximum atomic E-state index is 13.5. The number of alkyl halides is 3. The highest BCUT2D eigenvalue weighted by atomic mass is 19.4. The molecule has 2 nitrogen and oxygen atoms in total. The highest BCUT2D eigenvalue weighted by molar-refractivity contribution is 5.93. The largest absolute Gasteiger partial charge is 0.573 e. The summed E-state index contributed by atoms with van der Waals surface area (Å²) in [5, 5.41) is 0.467. The Morgan fingerprint density at radius 1 is 1.14 bits per heavy atom. The second kappa shape index (κ2) is 6.65. The highest BCUT2D eigenvalue weighted by Crippen LogP contribution is 2.36. The maximum Gasteiger partial charge on any atom is 0.573 e. The summed E-state index contributed by atoms with van der Waals surface area (Å²) in [6, 6.07) is 5.20. The van der Waals surface area contributed by atoms with E-state index in [4.69, 9.17) is 5.73 Å². The molecular formula is C15H17F4NO. The Hall–Kier alpha value is -1.98. The number of rotatable bonds is 1. The molecule has 0 aliphatic heterocycles. The van der Waals surface area contributed by atoms with Crippen molar-refractivity contribution < 1.29 is 22.3 Å². The normalized spacial score (nSPS) is 11.0. The smallest absolute Gasteiger partial charge is 0.402 e. The van der Waals surface area contributed by atoms with Crippen LogP contribution in [-0.4, -0.2) is 6.36 Å². The molecule has 0 radical (unpaired) electrons. The lowest BCUT2D eigenvalue weighted by molar-refractivity contribution is -0.275. The quantitative estimate of drug-likeness (QED) is 0.581. The third-order valence-corrected chi connectivity index (χ3v) is 2.46. The zero-order valence-corrected chi connectivity index (χ0v) is 12.0. The highest BCUT2D eigenvalue weighted by Gasteiger charge is 2.33. The summed E-state index contributed by atoms with van der Waals surface area (Å²) in [7, 11) is 0. The third-order valence-electron chi connectivity index (χ3n) is 2.46. The summed E-state index contributed by atoms with van der Waals surface area (Å²) in [6.45, 7) is 5.79. The molecule has 0 bridgehead atoms. The van der Waals surface area contributed by atoms with Crippen LogP contribution in [0.5, 0.6) is 5.75 Å². The molecule has 2 rings (SSSR count). The maximum absolute atomic E-state index is 13.5. The molecule has 2 N–H and O–H groups in total. The van der Waals surface area contributed by atoms with Crippen molar-refractivity contribution in [1.82, 2.24) is 0 Å². The van der Waals surface area contributed by atoms with Crippen LogP contribution in [0.1, 0.15) is 25.8 Å². The lowest BCUT2D eigenvalue weighted by Gasteiger charge is -2.14. The molecule has 0 amide bonds. The van der Waals surface area contributed by atoms with Crippen LogP contribution in [-0.2, 0) is 0 Å². The van der Waals surface area contributed by atoms with Gasteiger partial charge >= 0.3 is 6.36 Å². The molecule has 0 unspecified atom stereocenters. The van der Waals surface area contributed by atoms with Gasteiger partial charge in [-0.2, -0.15) is 0 Å². The number of ether oxygens (including phenoxy) is 1. The first-order valence-corrected chi connectivity index (χ1v) is 6.43. The number of hydrogen-bond acceptors (Lipinski definition) is 2. The van der Waals surface area contributed by atoms with Gasteiger partial charge in [-0.15, -0.1) is 13.2 Å². The van der Waals surface area contributed by atoms with Gasteiger partial charge in [0.15, 0.2) is 11.6 Å². The average molecular weight is 303 g/mol. The van der Waals surface area contributed by atoms with Crippen molar-refractivity contribution in [2.45, 2.75) is 33.6 Å². The lowest BCUT2D eigenvalue weighted by Crippen LogP contribution is -2.18. The van der Waals surface area contributed by atoms with Crippen LogP contribution in [0.15, 0.2) is 24.3 Å². The molecule has 0 aromatic heterocycles. The molecule has 0 heterocycles. The minimum absolute atomic E-state index is 0.0709. The molecule has 2 aromatic carbocycles. The number of halogens is 4. The van der Waals surface area contributed by atoms with Gasteiger partial charge in [-0.3, -0.25) is 0 Å². The SMILES string of the molecule is CCC.Cc1cc(N)cc2ccc(F)c(OC(F)(F)F)c12. The van der Waals surface area contributed by atoms with Crippen molar-refractivity contribution in [2.75, 3.05) is 5.73 Å². The standard InChI is InChI=1S/C12H9F4NO.C3H8/c1-6-4-8(17)5-7-2-3-9(13)11(10(6)7)18-12(14,15)16;1-3-2/h2-5H,17H2,1H3;3H2,1-2H3. The summed E-state index contributed by atoms with van der Waals surface area (Å²) in [5.74, 6) is -1.88. The summed E-state index contributed by atoms with van der Waals surface area (Å²) < 4.78 is 54.0. The second-order valence-electron chi connectivity index (χ2n) is 4.57. The van der Waals surface area contributed by atoms with Crippen molar-refractivity contribution in [1.29, 1.82) is 0 Å². The number of fused-ring (bicyclic) bond motifs is 1. The predicted molar refractivity (Wildman–Crippen MR) is 75.7 cm³/mol. The lowest BCUT2D eigenvalue weighted by atomic mass is 10.0. The molecule has 2 aromatic rings. The number of benzene rings is 2. The van der Waals surface area contributed by atoms with Gasteiger partial charge in [-0.1, -0.05) is 26.3 Å². The van der Waals surface area contributed by atoms with Gasteiger partial charge in [-0.05, 0) is 36.1 Å². The van der Waals surface area contributed by atoms with Crippen LogP contribution in [0, 0.1) is 12.7 Å². The topological polar surface area (TPSA) is 35.2 Å². The Labute approximate surface area is 120 Å². The molecule has 0 fully saturated rings. The van der Waals surface area contributed by atoms with Crippen LogP contribution in [0.4, 0.5) is 23.2 Å². The molecule has 0 saturated carbocycles. The van der Waals surface area contributed by atoms with Gasteiger partial charge in [0.1, 0.15) is 0 Å². The number of aryl methyl sites for hydroxylation is 1. The fourth-order valence-corrected chi connectivity index (χ4v) is 1.86. The summed E-state index contributed by atoms with van der Waals surface area (Å²) in [5.41, 5.74) is 6.40. The molecule has 21 heavy (non-hydrogen) atoms. The fraction of sp³-hybridized carbons (Fsp3) is 0.333. The average Bonchev–Trinajstić information content (AvgIpc) is 2.32. The Morgan fingerprint density at radius 3 is 2.24 bits per heavy atom. The van der Waals surface area contributed by atoms with E-state index < -0.39 is 17.9 Å². The molecule has 116 valence electrons. The molecule has 0 atom stereocenters. The minimum atomic E-state index is -4.94. The number of nitrogen functional groups attached to an aromatic ring is 1. The summed E-state index contributed by atoms with van der Waals surface area (Å²) in [6.07, 6.45) is -3.69. The Bertz CT molecular complexity index is 623. The summed E-state index contributed by atoms with van der Waals surface area (Å²) >= 11 is 0. The fourth-order valence-electron chi connectivity index (χ4n) is 1.86. The van der Waals surface area contributed by atoms with E-state index in [0.29, 0.717) is 16.6 Å².